The molecule has 0 unspecified atom stereocenters. The first-order valence-electron chi connectivity index (χ1n) is 5.73. The largest absolute Gasteiger partial charge is 0.399 e. The Morgan fingerprint density at radius 1 is 1.38 bits per heavy atom. The van der Waals surface area contributed by atoms with Crippen LogP contribution in [0.1, 0.15) is 19.4 Å². The monoisotopic (exact) mass is 236 g/mol. The summed E-state index contributed by atoms with van der Waals surface area (Å²) in [6, 6.07) is 6.21. The molecule has 16 heavy (non-hydrogen) atoms. The Bertz CT molecular complexity index is 388. The third kappa shape index (κ3) is 2.46. The van der Waals surface area contributed by atoms with E-state index < -0.39 is 0 Å². The molecule has 0 spiro atoms. The molecule has 1 aliphatic rings. The first kappa shape index (κ1) is 11.6. The minimum atomic E-state index is 0.353. The first-order valence-corrected chi connectivity index (χ1v) is 6.71. The molecule has 1 heterocycles. The number of hydrogen-bond acceptors (Lipinski definition) is 3. The number of hydrogen-bond donors (Lipinski definition) is 1. The number of nitrogens with zero attached hydrogens (tertiary/aromatic N) is 1. The fourth-order valence-corrected chi connectivity index (χ4v) is 3.37. The van der Waals surface area contributed by atoms with Crippen LogP contribution >= 0.6 is 11.8 Å². The highest BCUT2D eigenvalue weighted by Crippen LogP contribution is 2.33. The van der Waals surface area contributed by atoms with E-state index >= 15 is 0 Å². The second-order valence-corrected chi connectivity index (χ2v) is 6.88. The van der Waals surface area contributed by atoms with Crippen molar-refractivity contribution in [3.63, 3.8) is 0 Å². The molecule has 0 aromatic heterocycles. The SMILES string of the molecule is Cc1cc(N)ccc1N1CCSC(C)(C)C1. The molecule has 1 aromatic rings. The van der Waals surface area contributed by atoms with Gasteiger partial charge in [-0.1, -0.05) is 0 Å². The summed E-state index contributed by atoms with van der Waals surface area (Å²) in [5, 5.41) is 0. The Morgan fingerprint density at radius 3 is 2.75 bits per heavy atom. The van der Waals surface area contributed by atoms with E-state index in [0.29, 0.717) is 4.75 Å². The van der Waals surface area contributed by atoms with Gasteiger partial charge >= 0.3 is 0 Å². The van der Waals surface area contributed by atoms with Gasteiger partial charge in [-0.2, -0.15) is 11.8 Å². The normalized spacial score (nSPS) is 19.8. The Labute approximate surface area is 102 Å². The maximum absolute atomic E-state index is 5.79. The van der Waals surface area contributed by atoms with Crippen LogP contribution in [-0.2, 0) is 0 Å². The number of rotatable bonds is 1. The molecule has 88 valence electrons. The van der Waals surface area contributed by atoms with E-state index in [9.17, 15) is 0 Å². The molecule has 2 rings (SSSR count). The van der Waals surface area contributed by atoms with Gasteiger partial charge < -0.3 is 10.6 Å². The van der Waals surface area contributed by atoms with E-state index in [1.54, 1.807) is 0 Å². The van der Waals surface area contributed by atoms with Gasteiger partial charge in [0.1, 0.15) is 0 Å². The summed E-state index contributed by atoms with van der Waals surface area (Å²) in [6.07, 6.45) is 0. The fourth-order valence-electron chi connectivity index (χ4n) is 2.26. The van der Waals surface area contributed by atoms with Gasteiger partial charge in [-0.3, -0.25) is 0 Å². The summed E-state index contributed by atoms with van der Waals surface area (Å²) < 4.78 is 0.353. The van der Waals surface area contributed by atoms with E-state index in [1.165, 1.54) is 17.0 Å². The lowest BCUT2D eigenvalue weighted by atomic mass is 10.1. The molecular formula is C13H20N2S. The molecule has 0 atom stereocenters. The van der Waals surface area contributed by atoms with Gasteiger partial charge in [0.05, 0.1) is 0 Å². The fraction of sp³-hybridized carbons (Fsp3) is 0.538. The summed E-state index contributed by atoms with van der Waals surface area (Å²) in [6.45, 7) is 9.02. The van der Waals surface area contributed by atoms with Crippen LogP contribution in [0.25, 0.3) is 0 Å². The zero-order chi connectivity index (χ0) is 11.8. The average Bonchev–Trinajstić information content (AvgIpc) is 2.15. The second kappa shape index (κ2) is 4.21. The van der Waals surface area contributed by atoms with E-state index in [1.807, 2.05) is 6.07 Å². The van der Waals surface area contributed by atoms with Crippen molar-refractivity contribution in [3.05, 3.63) is 23.8 Å². The molecule has 1 aromatic carbocycles. The van der Waals surface area contributed by atoms with Crippen LogP contribution in [0.4, 0.5) is 11.4 Å². The summed E-state index contributed by atoms with van der Waals surface area (Å²) in [7, 11) is 0. The van der Waals surface area contributed by atoms with Crippen molar-refractivity contribution in [2.75, 3.05) is 29.5 Å². The molecule has 0 saturated carbocycles. The smallest absolute Gasteiger partial charge is 0.0398 e. The standard InChI is InChI=1S/C13H20N2S/c1-10-8-11(14)4-5-12(10)15-6-7-16-13(2,3)9-15/h4-5,8H,6-7,9,14H2,1-3H3. The summed E-state index contributed by atoms with van der Waals surface area (Å²) >= 11 is 2.06. The van der Waals surface area contributed by atoms with Gasteiger partial charge in [-0.15, -0.1) is 0 Å². The highest BCUT2D eigenvalue weighted by Gasteiger charge is 2.27. The topological polar surface area (TPSA) is 29.3 Å². The molecular weight excluding hydrogens is 216 g/mol. The van der Waals surface area contributed by atoms with Crippen LogP contribution in [0.15, 0.2) is 18.2 Å². The van der Waals surface area contributed by atoms with Crippen molar-refractivity contribution in [3.8, 4) is 0 Å². The van der Waals surface area contributed by atoms with Crippen LogP contribution in [-0.4, -0.2) is 23.6 Å². The molecule has 2 nitrogen and oxygen atoms in total. The van der Waals surface area contributed by atoms with E-state index in [0.717, 1.165) is 18.8 Å². The minimum absolute atomic E-state index is 0.353. The molecule has 0 bridgehead atoms. The number of nitrogens with two attached hydrogens (primary N) is 1. The minimum Gasteiger partial charge on any atom is -0.399 e. The molecule has 1 saturated heterocycles. The first-order chi connectivity index (χ1) is 7.48. The average molecular weight is 236 g/mol. The second-order valence-electron chi connectivity index (χ2n) is 5.08. The molecule has 0 radical (unpaired) electrons. The van der Waals surface area contributed by atoms with E-state index in [-0.39, 0.29) is 0 Å². The van der Waals surface area contributed by atoms with Crippen molar-refractivity contribution < 1.29 is 0 Å². The molecule has 0 aliphatic carbocycles. The Kier molecular flexibility index (Phi) is 3.06. The van der Waals surface area contributed by atoms with Crippen molar-refractivity contribution >= 4 is 23.1 Å². The lowest BCUT2D eigenvalue weighted by molar-refractivity contribution is 0.647. The van der Waals surface area contributed by atoms with Crippen LogP contribution in [0.3, 0.4) is 0 Å². The van der Waals surface area contributed by atoms with Crippen molar-refractivity contribution in [2.45, 2.75) is 25.5 Å². The van der Waals surface area contributed by atoms with E-state index in [2.05, 4.69) is 49.6 Å². The zero-order valence-electron chi connectivity index (χ0n) is 10.3. The quantitative estimate of drug-likeness (QED) is 0.760. The summed E-state index contributed by atoms with van der Waals surface area (Å²) in [5.74, 6) is 1.21. The van der Waals surface area contributed by atoms with Gasteiger partial charge in [0.25, 0.3) is 0 Å². The Hall–Kier alpha value is -0.830. The highest BCUT2D eigenvalue weighted by atomic mass is 32.2. The van der Waals surface area contributed by atoms with Crippen LogP contribution in [0.2, 0.25) is 0 Å². The van der Waals surface area contributed by atoms with Gasteiger partial charge in [-0.25, -0.2) is 0 Å². The van der Waals surface area contributed by atoms with Gasteiger partial charge in [0, 0.05) is 35.0 Å². The number of aryl methyl sites for hydroxylation is 1. The lowest BCUT2D eigenvalue weighted by Gasteiger charge is -2.39. The Morgan fingerprint density at radius 2 is 2.12 bits per heavy atom. The van der Waals surface area contributed by atoms with Crippen LogP contribution in [0, 0.1) is 6.92 Å². The molecule has 1 fully saturated rings. The lowest BCUT2D eigenvalue weighted by Crippen LogP contribution is -2.43. The molecule has 0 amide bonds. The predicted octanol–water partition coefficient (Wildman–Crippen LogP) is 2.91. The van der Waals surface area contributed by atoms with Gasteiger partial charge in [0.2, 0.25) is 0 Å². The van der Waals surface area contributed by atoms with E-state index in [4.69, 9.17) is 5.73 Å². The van der Waals surface area contributed by atoms with Crippen LogP contribution < -0.4 is 10.6 Å². The number of nitrogen functional groups attached to an aromatic ring is 1. The van der Waals surface area contributed by atoms with Gasteiger partial charge in [-0.05, 0) is 44.5 Å². The summed E-state index contributed by atoms with van der Waals surface area (Å²) in [4.78, 5) is 2.48. The number of thioether (sulfide) groups is 1. The molecule has 1 aliphatic heterocycles. The third-order valence-corrected chi connectivity index (χ3v) is 4.28. The number of benzene rings is 1. The molecule has 2 N–H and O–H groups in total. The highest BCUT2D eigenvalue weighted by molar-refractivity contribution is 8.00. The van der Waals surface area contributed by atoms with Gasteiger partial charge in [0.15, 0.2) is 0 Å². The Balaban J connectivity index is 2.23. The van der Waals surface area contributed by atoms with Crippen molar-refractivity contribution in [1.82, 2.24) is 0 Å². The third-order valence-electron chi connectivity index (χ3n) is 2.99. The number of anilines is 2. The van der Waals surface area contributed by atoms with Crippen LogP contribution in [0.5, 0.6) is 0 Å². The summed E-state index contributed by atoms with van der Waals surface area (Å²) in [5.41, 5.74) is 9.26. The van der Waals surface area contributed by atoms with Crippen molar-refractivity contribution in [2.24, 2.45) is 0 Å². The van der Waals surface area contributed by atoms with Crippen molar-refractivity contribution in [1.29, 1.82) is 0 Å². The molecule has 3 heteroatoms. The maximum atomic E-state index is 5.79. The zero-order valence-corrected chi connectivity index (χ0v) is 11.1. The maximum Gasteiger partial charge on any atom is 0.0398 e. The predicted molar refractivity (Wildman–Crippen MR) is 74.3 cm³/mol.